The number of halogens is 4. The molecule has 0 saturated heterocycles. The van der Waals surface area contributed by atoms with Crippen LogP contribution in [-0.2, 0) is 6.54 Å². The lowest BCUT2D eigenvalue weighted by atomic mass is 10.2. The van der Waals surface area contributed by atoms with Crippen LogP contribution in [0, 0.1) is 0 Å². The Balaban J connectivity index is 2.31. The number of hydrogen-bond donors (Lipinski definition) is 2. The maximum absolute atomic E-state index is 12.5. The molecule has 0 aliphatic rings. The molecule has 3 nitrogen and oxygen atoms in total. The average Bonchev–Trinajstić information content (AvgIpc) is 2.35. The topological polar surface area (TPSA) is 41.1 Å². The SMILES string of the molecule is O=C(NCc1ccccc1)NCC(F)(F)C(F)F. The van der Waals surface area contributed by atoms with E-state index in [9.17, 15) is 22.4 Å². The fourth-order valence-electron chi connectivity index (χ4n) is 1.12. The molecule has 0 radical (unpaired) electrons. The Labute approximate surface area is 101 Å². The van der Waals surface area contributed by atoms with Crippen LogP contribution in [0.1, 0.15) is 5.56 Å². The van der Waals surface area contributed by atoms with Crippen LogP contribution in [0.25, 0.3) is 0 Å². The Morgan fingerprint density at radius 3 is 2.33 bits per heavy atom. The van der Waals surface area contributed by atoms with Crippen LogP contribution in [0.2, 0.25) is 0 Å². The molecule has 1 aromatic carbocycles. The van der Waals surface area contributed by atoms with E-state index in [-0.39, 0.29) is 6.54 Å². The quantitative estimate of drug-likeness (QED) is 0.788. The van der Waals surface area contributed by atoms with Gasteiger partial charge in [0.2, 0.25) is 0 Å². The smallest absolute Gasteiger partial charge is 0.324 e. The van der Waals surface area contributed by atoms with Crippen molar-refractivity contribution in [1.82, 2.24) is 10.6 Å². The van der Waals surface area contributed by atoms with E-state index in [2.05, 4.69) is 5.32 Å². The minimum absolute atomic E-state index is 0.132. The van der Waals surface area contributed by atoms with Gasteiger partial charge in [-0.05, 0) is 5.56 Å². The Morgan fingerprint density at radius 2 is 1.78 bits per heavy atom. The van der Waals surface area contributed by atoms with Crippen molar-refractivity contribution in [3.8, 4) is 0 Å². The molecule has 0 atom stereocenters. The summed E-state index contributed by atoms with van der Waals surface area (Å²) in [5, 5.41) is 3.98. The van der Waals surface area contributed by atoms with Crippen molar-refractivity contribution < 1.29 is 22.4 Å². The summed E-state index contributed by atoms with van der Waals surface area (Å²) in [6, 6.07) is 7.83. The molecule has 2 N–H and O–H groups in total. The third kappa shape index (κ3) is 4.60. The van der Waals surface area contributed by atoms with Crippen LogP contribution in [0.15, 0.2) is 30.3 Å². The Bertz CT molecular complexity index is 384. The molecule has 0 aliphatic carbocycles. The molecule has 1 rings (SSSR count). The second kappa shape index (κ2) is 6.23. The van der Waals surface area contributed by atoms with Crippen molar-refractivity contribution in [3.05, 3.63) is 35.9 Å². The van der Waals surface area contributed by atoms with Crippen LogP contribution >= 0.6 is 0 Å². The summed E-state index contributed by atoms with van der Waals surface area (Å²) in [5.74, 6) is -4.22. The zero-order valence-electron chi connectivity index (χ0n) is 9.30. The third-order valence-electron chi connectivity index (χ3n) is 2.10. The van der Waals surface area contributed by atoms with E-state index in [4.69, 9.17) is 0 Å². The standard InChI is InChI=1S/C11H12F4N2O/c12-9(13)11(14,15)7-17-10(18)16-6-8-4-2-1-3-5-8/h1-5,9H,6-7H2,(H2,16,17,18). The number of carbonyl (C=O) groups excluding carboxylic acids is 1. The van der Waals surface area contributed by atoms with Gasteiger partial charge < -0.3 is 10.6 Å². The fraction of sp³-hybridized carbons (Fsp3) is 0.364. The summed E-state index contributed by atoms with van der Waals surface area (Å²) in [6.07, 6.45) is -3.80. The van der Waals surface area contributed by atoms with Gasteiger partial charge in [-0.25, -0.2) is 13.6 Å². The van der Waals surface area contributed by atoms with Crippen LogP contribution in [0.3, 0.4) is 0 Å². The van der Waals surface area contributed by atoms with Crippen LogP contribution in [0.4, 0.5) is 22.4 Å². The first kappa shape index (κ1) is 14.3. The molecule has 1 aromatic rings. The Hall–Kier alpha value is -1.79. The number of hydrogen-bond acceptors (Lipinski definition) is 1. The fourth-order valence-corrected chi connectivity index (χ4v) is 1.12. The third-order valence-corrected chi connectivity index (χ3v) is 2.10. The summed E-state index contributed by atoms with van der Waals surface area (Å²) in [5.41, 5.74) is 0.772. The second-order valence-corrected chi connectivity index (χ2v) is 3.58. The average molecular weight is 264 g/mol. The molecule has 2 amide bonds. The summed E-state index contributed by atoms with van der Waals surface area (Å²) in [4.78, 5) is 11.1. The van der Waals surface area contributed by atoms with E-state index in [1.807, 2.05) is 0 Å². The van der Waals surface area contributed by atoms with Gasteiger partial charge in [-0.1, -0.05) is 30.3 Å². The summed E-state index contributed by atoms with van der Waals surface area (Å²) >= 11 is 0. The number of alkyl halides is 4. The lowest BCUT2D eigenvalue weighted by Gasteiger charge is -2.16. The van der Waals surface area contributed by atoms with Gasteiger partial charge in [0.1, 0.15) is 0 Å². The molecule has 0 aromatic heterocycles. The van der Waals surface area contributed by atoms with E-state index in [0.29, 0.717) is 0 Å². The van der Waals surface area contributed by atoms with Gasteiger partial charge in [0, 0.05) is 6.54 Å². The molecular weight excluding hydrogens is 252 g/mol. The molecule has 0 saturated carbocycles. The lowest BCUT2D eigenvalue weighted by Crippen LogP contribution is -2.45. The van der Waals surface area contributed by atoms with Crippen molar-refractivity contribution in [2.45, 2.75) is 18.9 Å². The molecule has 0 heterocycles. The predicted molar refractivity (Wildman–Crippen MR) is 57.6 cm³/mol. The van der Waals surface area contributed by atoms with E-state index in [0.717, 1.165) is 5.56 Å². The highest BCUT2D eigenvalue weighted by Crippen LogP contribution is 2.21. The first-order valence-corrected chi connectivity index (χ1v) is 5.13. The van der Waals surface area contributed by atoms with Crippen LogP contribution in [-0.4, -0.2) is 24.9 Å². The number of benzene rings is 1. The van der Waals surface area contributed by atoms with E-state index in [1.165, 1.54) is 0 Å². The highest BCUT2D eigenvalue weighted by Gasteiger charge is 2.40. The van der Waals surface area contributed by atoms with Gasteiger partial charge in [-0.2, -0.15) is 8.78 Å². The lowest BCUT2D eigenvalue weighted by molar-refractivity contribution is -0.123. The molecule has 0 fully saturated rings. The van der Waals surface area contributed by atoms with Gasteiger partial charge in [0.05, 0.1) is 6.54 Å². The maximum atomic E-state index is 12.5. The van der Waals surface area contributed by atoms with E-state index < -0.39 is 24.9 Å². The number of nitrogens with one attached hydrogen (secondary N) is 2. The summed E-state index contributed by atoms with van der Waals surface area (Å²) < 4.78 is 48.5. The minimum Gasteiger partial charge on any atom is -0.334 e. The molecule has 18 heavy (non-hydrogen) atoms. The van der Waals surface area contributed by atoms with Crippen molar-refractivity contribution in [3.63, 3.8) is 0 Å². The molecule has 0 spiro atoms. The molecule has 7 heteroatoms. The maximum Gasteiger partial charge on any atom is 0.324 e. The highest BCUT2D eigenvalue weighted by molar-refractivity contribution is 5.73. The van der Waals surface area contributed by atoms with Crippen molar-refractivity contribution >= 4 is 6.03 Å². The number of urea groups is 1. The normalized spacial score (nSPS) is 11.4. The Kier molecular flexibility index (Phi) is 4.94. The van der Waals surface area contributed by atoms with Gasteiger partial charge >= 0.3 is 18.4 Å². The first-order valence-electron chi connectivity index (χ1n) is 5.13. The second-order valence-electron chi connectivity index (χ2n) is 3.58. The van der Waals surface area contributed by atoms with Gasteiger partial charge in [0.25, 0.3) is 0 Å². The number of amides is 2. The van der Waals surface area contributed by atoms with Crippen molar-refractivity contribution in [2.24, 2.45) is 0 Å². The van der Waals surface area contributed by atoms with Crippen molar-refractivity contribution in [1.29, 1.82) is 0 Å². The highest BCUT2D eigenvalue weighted by atomic mass is 19.3. The largest absolute Gasteiger partial charge is 0.334 e. The van der Waals surface area contributed by atoms with Crippen LogP contribution in [0.5, 0.6) is 0 Å². The molecule has 0 bridgehead atoms. The zero-order valence-corrected chi connectivity index (χ0v) is 9.30. The Morgan fingerprint density at radius 1 is 1.17 bits per heavy atom. The van der Waals surface area contributed by atoms with E-state index in [1.54, 1.807) is 35.6 Å². The van der Waals surface area contributed by atoms with Gasteiger partial charge in [-0.3, -0.25) is 0 Å². The number of carbonyl (C=O) groups is 1. The minimum atomic E-state index is -4.22. The number of rotatable bonds is 5. The molecule has 100 valence electrons. The van der Waals surface area contributed by atoms with Crippen LogP contribution < -0.4 is 10.6 Å². The predicted octanol–water partition coefficient (Wildman–Crippen LogP) is 2.39. The zero-order chi connectivity index (χ0) is 13.6. The van der Waals surface area contributed by atoms with Gasteiger partial charge in [0.15, 0.2) is 0 Å². The summed E-state index contributed by atoms with van der Waals surface area (Å²) in [6.45, 7) is -1.27. The monoisotopic (exact) mass is 264 g/mol. The molecule has 0 aliphatic heterocycles. The summed E-state index contributed by atoms with van der Waals surface area (Å²) in [7, 11) is 0. The molecule has 0 unspecified atom stereocenters. The van der Waals surface area contributed by atoms with Crippen molar-refractivity contribution in [2.75, 3.05) is 6.54 Å². The first-order chi connectivity index (χ1) is 8.42. The molecular formula is C11H12F4N2O. The van der Waals surface area contributed by atoms with E-state index >= 15 is 0 Å². The van der Waals surface area contributed by atoms with Gasteiger partial charge in [-0.15, -0.1) is 0 Å².